The molecule has 140 valence electrons. The van der Waals surface area contributed by atoms with Crippen LogP contribution in [0.3, 0.4) is 0 Å². The summed E-state index contributed by atoms with van der Waals surface area (Å²) in [6.45, 7) is 4.10. The number of aromatic nitrogens is 2. The van der Waals surface area contributed by atoms with E-state index in [9.17, 15) is 4.79 Å². The number of likely N-dealkylation sites (tertiary alicyclic amines) is 1. The Morgan fingerprint density at radius 2 is 2.04 bits per heavy atom. The van der Waals surface area contributed by atoms with Crippen molar-refractivity contribution in [2.45, 2.75) is 25.7 Å². The molecule has 0 unspecified atom stereocenters. The highest BCUT2D eigenvalue weighted by Gasteiger charge is 2.24. The average molecular weight is 376 g/mol. The number of methoxy groups -OCH3 is 2. The standard InChI is InChI=1S/C18H24N4O3S/c1-12-20-21-18(26-12)13-6-8-22(9-7-13)11-17(23)19-15-10-14(24-2)4-5-16(15)25-3/h4-5,10,13H,6-9,11H2,1-3H3,(H,19,23). The van der Waals surface area contributed by atoms with Gasteiger partial charge in [-0.2, -0.15) is 0 Å². The monoisotopic (exact) mass is 376 g/mol. The lowest BCUT2D eigenvalue weighted by Crippen LogP contribution is -2.38. The van der Waals surface area contributed by atoms with Crippen molar-refractivity contribution in [3.8, 4) is 11.5 Å². The summed E-state index contributed by atoms with van der Waals surface area (Å²) in [5, 5.41) is 13.4. The van der Waals surface area contributed by atoms with Gasteiger partial charge in [0, 0.05) is 12.0 Å². The quantitative estimate of drug-likeness (QED) is 0.835. The molecule has 26 heavy (non-hydrogen) atoms. The van der Waals surface area contributed by atoms with Crippen molar-refractivity contribution in [1.29, 1.82) is 0 Å². The van der Waals surface area contributed by atoms with E-state index >= 15 is 0 Å². The normalized spacial score (nSPS) is 15.7. The van der Waals surface area contributed by atoms with Crippen LogP contribution in [0.5, 0.6) is 11.5 Å². The van der Waals surface area contributed by atoms with Gasteiger partial charge in [0.15, 0.2) is 0 Å². The fourth-order valence-electron chi connectivity index (χ4n) is 3.12. The van der Waals surface area contributed by atoms with Crippen LogP contribution >= 0.6 is 11.3 Å². The summed E-state index contributed by atoms with van der Waals surface area (Å²) in [6, 6.07) is 5.35. The maximum absolute atomic E-state index is 12.4. The second kappa shape index (κ2) is 8.46. The molecule has 0 atom stereocenters. The molecule has 1 aliphatic rings. The van der Waals surface area contributed by atoms with Crippen LogP contribution in [0.2, 0.25) is 0 Å². The van der Waals surface area contributed by atoms with Gasteiger partial charge in [0.05, 0.1) is 26.5 Å². The van der Waals surface area contributed by atoms with E-state index in [1.54, 1.807) is 43.8 Å². The molecule has 2 aromatic rings. The predicted octanol–water partition coefficient (Wildman–Crippen LogP) is 2.68. The second-order valence-electron chi connectivity index (χ2n) is 6.32. The van der Waals surface area contributed by atoms with Gasteiger partial charge in [-0.1, -0.05) is 0 Å². The number of carbonyl (C=O) groups is 1. The molecule has 3 rings (SSSR count). The molecule has 0 bridgehead atoms. The molecule has 0 aliphatic carbocycles. The van der Waals surface area contributed by atoms with Gasteiger partial charge in [-0.25, -0.2) is 0 Å². The summed E-state index contributed by atoms with van der Waals surface area (Å²) in [4.78, 5) is 14.6. The molecular formula is C18H24N4O3S. The summed E-state index contributed by atoms with van der Waals surface area (Å²) < 4.78 is 10.5. The summed E-state index contributed by atoms with van der Waals surface area (Å²) in [5.41, 5.74) is 0.621. The van der Waals surface area contributed by atoms with Crippen molar-refractivity contribution in [1.82, 2.24) is 15.1 Å². The number of hydrogen-bond acceptors (Lipinski definition) is 7. The molecule has 1 aromatic carbocycles. The highest BCUT2D eigenvalue weighted by molar-refractivity contribution is 7.11. The number of ether oxygens (including phenoxy) is 2. The average Bonchev–Trinajstić information content (AvgIpc) is 3.08. The Labute approximate surface area is 157 Å². The van der Waals surface area contributed by atoms with Gasteiger partial charge in [0.25, 0.3) is 0 Å². The molecule has 1 saturated heterocycles. The van der Waals surface area contributed by atoms with E-state index in [4.69, 9.17) is 9.47 Å². The molecule has 1 aliphatic heterocycles. The van der Waals surface area contributed by atoms with Crippen LogP contribution in [0.4, 0.5) is 5.69 Å². The van der Waals surface area contributed by atoms with Gasteiger partial charge in [-0.3, -0.25) is 9.69 Å². The second-order valence-corrected chi connectivity index (χ2v) is 7.54. The Kier molecular flexibility index (Phi) is 6.05. The Morgan fingerprint density at radius 1 is 1.27 bits per heavy atom. The van der Waals surface area contributed by atoms with Crippen molar-refractivity contribution in [3.05, 3.63) is 28.2 Å². The fraction of sp³-hybridized carbons (Fsp3) is 0.500. The first-order chi connectivity index (χ1) is 12.6. The lowest BCUT2D eigenvalue weighted by molar-refractivity contribution is -0.117. The number of nitrogens with zero attached hydrogens (tertiary/aromatic N) is 3. The largest absolute Gasteiger partial charge is 0.497 e. The number of hydrogen-bond donors (Lipinski definition) is 1. The molecule has 8 heteroatoms. The fourth-order valence-corrected chi connectivity index (χ4v) is 3.99. The van der Waals surface area contributed by atoms with E-state index in [1.807, 2.05) is 6.92 Å². The van der Waals surface area contributed by atoms with Crippen LogP contribution in [0, 0.1) is 6.92 Å². The number of nitrogens with one attached hydrogen (secondary N) is 1. The van der Waals surface area contributed by atoms with Crippen LogP contribution in [0.25, 0.3) is 0 Å². The number of amides is 1. The van der Waals surface area contributed by atoms with Gasteiger partial charge in [-0.15, -0.1) is 21.5 Å². The van der Waals surface area contributed by atoms with Gasteiger partial charge < -0.3 is 14.8 Å². The number of benzene rings is 1. The highest BCUT2D eigenvalue weighted by Crippen LogP contribution is 2.31. The zero-order valence-electron chi connectivity index (χ0n) is 15.3. The number of piperidine rings is 1. The molecule has 1 fully saturated rings. The van der Waals surface area contributed by atoms with Gasteiger partial charge in [0.1, 0.15) is 21.5 Å². The van der Waals surface area contributed by atoms with E-state index in [0.29, 0.717) is 29.6 Å². The summed E-state index contributed by atoms with van der Waals surface area (Å²) >= 11 is 1.67. The highest BCUT2D eigenvalue weighted by atomic mass is 32.1. The van der Waals surface area contributed by atoms with Crippen LogP contribution in [0.15, 0.2) is 18.2 Å². The third kappa shape index (κ3) is 4.50. The van der Waals surface area contributed by atoms with Crippen LogP contribution in [-0.2, 0) is 4.79 Å². The van der Waals surface area contributed by atoms with Crippen molar-refractivity contribution in [2.24, 2.45) is 0 Å². The summed E-state index contributed by atoms with van der Waals surface area (Å²) in [6.07, 6.45) is 2.01. The minimum absolute atomic E-state index is 0.0539. The smallest absolute Gasteiger partial charge is 0.238 e. The number of aryl methyl sites for hydroxylation is 1. The van der Waals surface area contributed by atoms with E-state index < -0.39 is 0 Å². The van der Waals surface area contributed by atoms with Crippen molar-refractivity contribution in [2.75, 3.05) is 39.2 Å². The lowest BCUT2D eigenvalue weighted by Gasteiger charge is -2.30. The Bertz CT molecular complexity index is 757. The van der Waals surface area contributed by atoms with Gasteiger partial charge >= 0.3 is 0 Å². The maximum atomic E-state index is 12.4. The molecule has 1 N–H and O–H groups in total. The zero-order chi connectivity index (χ0) is 18.5. The first-order valence-corrected chi connectivity index (χ1v) is 9.45. The molecular weight excluding hydrogens is 352 g/mol. The molecule has 0 radical (unpaired) electrons. The van der Waals surface area contributed by atoms with Crippen molar-refractivity contribution >= 4 is 22.9 Å². The van der Waals surface area contributed by atoms with Gasteiger partial charge in [-0.05, 0) is 45.0 Å². The molecule has 2 heterocycles. The summed E-state index contributed by atoms with van der Waals surface area (Å²) in [7, 11) is 3.18. The third-order valence-corrected chi connectivity index (χ3v) is 5.53. The summed E-state index contributed by atoms with van der Waals surface area (Å²) in [5.74, 6) is 1.69. The first kappa shape index (κ1) is 18.6. The minimum atomic E-state index is -0.0539. The molecule has 0 saturated carbocycles. The Hall–Kier alpha value is -2.19. The predicted molar refractivity (Wildman–Crippen MR) is 101 cm³/mol. The minimum Gasteiger partial charge on any atom is -0.497 e. The van der Waals surface area contributed by atoms with Gasteiger partial charge in [0.2, 0.25) is 5.91 Å². The van der Waals surface area contributed by atoms with Crippen LogP contribution < -0.4 is 14.8 Å². The lowest BCUT2D eigenvalue weighted by atomic mass is 9.98. The molecule has 1 aromatic heterocycles. The zero-order valence-corrected chi connectivity index (χ0v) is 16.1. The number of anilines is 1. The molecule has 0 spiro atoms. The van der Waals surface area contributed by atoms with E-state index in [1.165, 1.54) is 0 Å². The van der Waals surface area contributed by atoms with Crippen LogP contribution in [0.1, 0.15) is 28.8 Å². The van der Waals surface area contributed by atoms with E-state index in [-0.39, 0.29) is 5.91 Å². The molecule has 1 amide bonds. The molecule has 7 nitrogen and oxygen atoms in total. The van der Waals surface area contributed by atoms with Crippen molar-refractivity contribution in [3.63, 3.8) is 0 Å². The Balaban J connectivity index is 1.53. The van der Waals surface area contributed by atoms with E-state index in [0.717, 1.165) is 35.9 Å². The van der Waals surface area contributed by atoms with E-state index in [2.05, 4.69) is 20.4 Å². The van der Waals surface area contributed by atoms with Crippen molar-refractivity contribution < 1.29 is 14.3 Å². The SMILES string of the molecule is COc1ccc(OC)c(NC(=O)CN2CCC(c3nnc(C)s3)CC2)c1. The van der Waals surface area contributed by atoms with Crippen LogP contribution in [-0.4, -0.2) is 54.9 Å². The Morgan fingerprint density at radius 3 is 2.65 bits per heavy atom. The third-order valence-electron chi connectivity index (χ3n) is 4.53. The topological polar surface area (TPSA) is 76.6 Å². The number of carbonyl (C=O) groups excluding carboxylic acids is 1. The first-order valence-electron chi connectivity index (χ1n) is 8.63. The maximum Gasteiger partial charge on any atom is 0.238 e. The number of rotatable bonds is 6.